The van der Waals surface area contributed by atoms with Gasteiger partial charge in [0.25, 0.3) is 0 Å². The number of amides is 2. The van der Waals surface area contributed by atoms with Crippen molar-refractivity contribution >= 4 is 40.8 Å². The maximum Gasteiger partial charge on any atom is 0.416 e. The minimum Gasteiger partial charge on any atom is -0.481 e. The van der Waals surface area contributed by atoms with Crippen LogP contribution in [0, 0.1) is 11.8 Å². The van der Waals surface area contributed by atoms with Crippen LogP contribution in [0.5, 0.6) is 0 Å². The van der Waals surface area contributed by atoms with Crippen LogP contribution in [-0.2, 0) is 20.6 Å². The molecule has 0 spiro atoms. The van der Waals surface area contributed by atoms with E-state index in [1.165, 1.54) is 12.1 Å². The van der Waals surface area contributed by atoms with Gasteiger partial charge in [-0.25, -0.2) is 0 Å². The van der Waals surface area contributed by atoms with Gasteiger partial charge in [-0.05, 0) is 42.8 Å². The summed E-state index contributed by atoms with van der Waals surface area (Å²) in [6.45, 7) is 1.58. The Hall–Kier alpha value is -3.51. The molecule has 31 heavy (non-hydrogen) atoms. The third-order valence-electron chi connectivity index (χ3n) is 4.02. The van der Waals surface area contributed by atoms with Crippen molar-refractivity contribution in [1.29, 1.82) is 0 Å². The lowest BCUT2D eigenvalue weighted by Crippen LogP contribution is -2.29. The molecule has 2 aromatic carbocycles. The summed E-state index contributed by atoms with van der Waals surface area (Å²) in [5.41, 5.74) is -0.566. The number of hydrogen-bond donors (Lipinski definition) is 3. The molecule has 6 nitrogen and oxygen atoms in total. The van der Waals surface area contributed by atoms with E-state index >= 15 is 0 Å². The number of aliphatic carboxylic acids is 1. The van der Waals surface area contributed by atoms with Crippen LogP contribution in [0.15, 0.2) is 42.5 Å². The van der Waals surface area contributed by atoms with Crippen LogP contribution in [0.4, 0.5) is 24.5 Å². The number of alkyl halides is 3. The highest BCUT2D eigenvalue weighted by Crippen LogP contribution is 2.33. The van der Waals surface area contributed by atoms with E-state index in [0.29, 0.717) is 11.6 Å². The molecule has 0 aliphatic rings. The molecule has 2 aromatic rings. The Kier molecular flexibility index (Phi) is 7.67. The molecule has 162 valence electrons. The average molecular weight is 453 g/mol. The first-order valence-electron chi connectivity index (χ1n) is 8.74. The summed E-state index contributed by atoms with van der Waals surface area (Å²) in [7, 11) is 0. The molecule has 0 saturated heterocycles. The summed E-state index contributed by atoms with van der Waals surface area (Å²) in [4.78, 5) is 35.1. The van der Waals surface area contributed by atoms with Gasteiger partial charge in [-0.2, -0.15) is 13.2 Å². The van der Waals surface area contributed by atoms with Crippen LogP contribution in [-0.4, -0.2) is 22.9 Å². The van der Waals surface area contributed by atoms with Gasteiger partial charge in [0.2, 0.25) is 0 Å². The van der Waals surface area contributed by atoms with E-state index < -0.39 is 35.4 Å². The predicted molar refractivity (Wildman–Crippen MR) is 109 cm³/mol. The van der Waals surface area contributed by atoms with Crippen LogP contribution >= 0.6 is 11.6 Å². The standard InChI is InChI=1S/C21H16ClF3N2O4/c1-2-3-13(10-18(28)29)12-4-7-15(8-5-12)26-19(30)20(31)27-17-11-14(21(23,24)25)6-9-16(17)22/h4-9,11,13H,10H2,1H3,(H,26,30)(H,27,31)(H,28,29)/t13-/m0/s1. The Bertz CT molecular complexity index is 1060. The van der Waals surface area contributed by atoms with Gasteiger partial charge < -0.3 is 15.7 Å². The summed E-state index contributed by atoms with van der Waals surface area (Å²) in [5, 5.41) is 13.1. The molecule has 0 heterocycles. The molecule has 10 heteroatoms. The van der Waals surface area contributed by atoms with Crippen LogP contribution in [0.2, 0.25) is 5.02 Å². The smallest absolute Gasteiger partial charge is 0.416 e. The van der Waals surface area contributed by atoms with E-state index in [1.54, 1.807) is 19.1 Å². The molecule has 3 N–H and O–H groups in total. The number of anilines is 2. The lowest BCUT2D eigenvalue weighted by Gasteiger charge is -2.12. The summed E-state index contributed by atoms with van der Waals surface area (Å²) in [6, 6.07) is 8.33. The van der Waals surface area contributed by atoms with E-state index in [2.05, 4.69) is 17.2 Å². The van der Waals surface area contributed by atoms with Gasteiger partial charge in [0, 0.05) is 5.69 Å². The fourth-order valence-electron chi connectivity index (χ4n) is 2.56. The van der Waals surface area contributed by atoms with E-state index in [-0.39, 0.29) is 22.8 Å². The number of carbonyl (C=O) groups is 3. The van der Waals surface area contributed by atoms with Gasteiger partial charge in [0.1, 0.15) is 0 Å². The Morgan fingerprint density at radius 1 is 1.06 bits per heavy atom. The summed E-state index contributed by atoms with van der Waals surface area (Å²) >= 11 is 5.80. The van der Waals surface area contributed by atoms with Gasteiger partial charge >= 0.3 is 24.0 Å². The largest absolute Gasteiger partial charge is 0.481 e. The molecule has 0 radical (unpaired) electrons. The monoisotopic (exact) mass is 452 g/mol. The number of nitrogens with one attached hydrogen (secondary N) is 2. The number of carboxylic acids is 1. The Balaban J connectivity index is 2.09. The fraction of sp³-hybridized carbons (Fsp3) is 0.190. The zero-order valence-corrected chi connectivity index (χ0v) is 16.8. The van der Waals surface area contributed by atoms with Crippen molar-refractivity contribution in [2.75, 3.05) is 10.6 Å². The molecule has 2 amide bonds. The molecule has 0 saturated carbocycles. The first-order chi connectivity index (χ1) is 14.5. The minimum absolute atomic E-state index is 0.167. The zero-order chi connectivity index (χ0) is 23.2. The van der Waals surface area contributed by atoms with E-state index in [0.717, 1.165) is 12.1 Å². The lowest BCUT2D eigenvalue weighted by molar-refractivity contribution is -0.138. The zero-order valence-electron chi connectivity index (χ0n) is 16.0. The van der Waals surface area contributed by atoms with Crippen LogP contribution < -0.4 is 10.6 Å². The number of halogens is 4. The lowest BCUT2D eigenvalue weighted by atomic mass is 9.96. The van der Waals surface area contributed by atoms with Crippen molar-refractivity contribution < 1.29 is 32.7 Å². The molecule has 2 rings (SSSR count). The predicted octanol–water partition coefficient (Wildman–Crippen LogP) is 4.52. The summed E-state index contributed by atoms with van der Waals surface area (Å²) < 4.78 is 38.4. The third kappa shape index (κ3) is 6.76. The van der Waals surface area contributed by atoms with Gasteiger partial charge in [-0.15, -0.1) is 5.92 Å². The van der Waals surface area contributed by atoms with E-state index in [4.69, 9.17) is 16.7 Å². The molecule has 0 aliphatic carbocycles. The number of benzene rings is 2. The third-order valence-corrected chi connectivity index (χ3v) is 4.35. The Labute approximate surface area is 180 Å². The van der Waals surface area contributed by atoms with Crippen molar-refractivity contribution in [3.05, 3.63) is 58.6 Å². The Morgan fingerprint density at radius 2 is 1.68 bits per heavy atom. The van der Waals surface area contributed by atoms with E-state index in [1.807, 2.05) is 5.32 Å². The second-order valence-corrected chi connectivity index (χ2v) is 6.67. The highest BCUT2D eigenvalue weighted by atomic mass is 35.5. The van der Waals surface area contributed by atoms with E-state index in [9.17, 15) is 27.6 Å². The maximum atomic E-state index is 12.8. The number of rotatable bonds is 5. The van der Waals surface area contributed by atoms with Crippen molar-refractivity contribution in [2.24, 2.45) is 0 Å². The SMILES string of the molecule is CC#C[C@@H](CC(=O)O)c1ccc(NC(=O)C(=O)Nc2cc(C(F)(F)F)ccc2Cl)cc1. The maximum absolute atomic E-state index is 12.8. The topological polar surface area (TPSA) is 95.5 Å². The minimum atomic E-state index is -4.64. The van der Waals surface area contributed by atoms with Crippen LogP contribution in [0.25, 0.3) is 0 Å². The molecule has 0 aromatic heterocycles. The number of carbonyl (C=O) groups excluding carboxylic acids is 2. The van der Waals surface area contributed by atoms with Crippen LogP contribution in [0.3, 0.4) is 0 Å². The fourth-order valence-corrected chi connectivity index (χ4v) is 2.73. The van der Waals surface area contributed by atoms with Crippen molar-refractivity contribution in [3.63, 3.8) is 0 Å². The number of hydrogen-bond acceptors (Lipinski definition) is 3. The van der Waals surface area contributed by atoms with Gasteiger partial charge in [0.05, 0.1) is 28.6 Å². The molecule has 1 atom stereocenters. The van der Waals surface area contributed by atoms with Crippen LogP contribution in [0.1, 0.15) is 30.4 Å². The quantitative estimate of drug-likeness (QED) is 0.459. The highest BCUT2D eigenvalue weighted by molar-refractivity contribution is 6.44. The normalized spacial score (nSPS) is 11.6. The summed E-state index contributed by atoms with van der Waals surface area (Å²) in [6.07, 6.45) is -4.85. The van der Waals surface area contributed by atoms with Crippen molar-refractivity contribution in [3.8, 4) is 11.8 Å². The average Bonchev–Trinajstić information content (AvgIpc) is 2.68. The summed E-state index contributed by atoms with van der Waals surface area (Å²) in [5.74, 6) is 1.53. The van der Waals surface area contributed by atoms with Gasteiger partial charge in [0.15, 0.2) is 0 Å². The first kappa shape index (κ1) is 23.8. The van der Waals surface area contributed by atoms with Crippen molar-refractivity contribution in [2.45, 2.75) is 25.4 Å². The Morgan fingerprint density at radius 3 is 2.23 bits per heavy atom. The van der Waals surface area contributed by atoms with Crippen molar-refractivity contribution in [1.82, 2.24) is 0 Å². The molecule has 0 bridgehead atoms. The molecule has 0 aliphatic heterocycles. The second kappa shape index (κ2) is 10.00. The molecular formula is C21H16ClF3N2O4. The van der Waals surface area contributed by atoms with Gasteiger partial charge in [-0.3, -0.25) is 14.4 Å². The number of carboxylic acid groups (broad SMARTS) is 1. The van der Waals surface area contributed by atoms with Gasteiger partial charge in [-0.1, -0.05) is 29.7 Å². The highest BCUT2D eigenvalue weighted by Gasteiger charge is 2.31. The first-order valence-corrected chi connectivity index (χ1v) is 9.12. The molecule has 0 unspecified atom stereocenters. The molecule has 0 fully saturated rings. The molecular weight excluding hydrogens is 437 g/mol. The second-order valence-electron chi connectivity index (χ2n) is 6.27.